The van der Waals surface area contributed by atoms with Crippen molar-refractivity contribution in [3.05, 3.63) is 21.8 Å². The van der Waals surface area contributed by atoms with Crippen LogP contribution in [0.15, 0.2) is 20.4 Å². The summed E-state index contributed by atoms with van der Waals surface area (Å²) < 4.78 is 6.43. The lowest BCUT2D eigenvalue weighted by Gasteiger charge is -2.42. The molecule has 3 heterocycles. The zero-order chi connectivity index (χ0) is 15.0. The Morgan fingerprint density at radius 3 is 2.95 bits per heavy atom. The molecule has 1 saturated heterocycles. The fourth-order valence-corrected chi connectivity index (χ4v) is 4.01. The summed E-state index contributed by atoms with van der Waals surface area (Å²) in [7, 11) is 0. The largest absolute Gasteiger partial charge is 0.338 e. The highest BCUT2D eigenvalue weighted by Gasteiger charge is 2.33. The van der Waals surface area contributed by atoms with Gasteiger partial charge in [-0.2, -0.15) is 4.98 Å². The molecular formula is C14H20BrClN4OS. The minimum Gasteiger partial charge on any atom is -0.338 e. The van der Waals surface area contributed by atoms with Gasteiger partial charge in [-0.05, 0) is 33.8 Å². The van der Waals surface area contributed by atoms with Crippen LogP contribution in [0.4, 0.5) is 0 Å². The van der Waals surface area contributed by atoms with Crippen molar-refractivity contribution in [3.63, 3.8) is 0 Å². The van der Waals surface area contributed by atoms with E-state index in [1.807, 2.05) is 11.4 Å². The van der Waals surface area contributed by atoms with Crippen molar-refractivity contribution < 1.29 is 4.52 Å². The molecule has 3 rings (SSSR count). The predicted octanol–water partition coefficient (Wildman–Crippen LogP) is 3.54. The van der Waals surface area contributed by atoms with E-state index in [1.54, 1.807) is 11.3 Å². The Labute approximate surface area is 148 Å². The van der Waals surface area contributed by atoms with Gasteiger partial charge in [0.05, 0.1) is 11.4 Å². The number of likely N-dealkylation sites (tertiary alicyclic amines) is 1. The molecule has 1 unspecified atom stereocenters. The molecule has 2 aromatic rings. The Morgan fingerprint density at radius 1 is 1.55 bits per heavy atom. The van der Waals surface area contributed by atoms with Crippen LogP contribution in [0, 0.1) is 5.41 Å². The second-order valence-electron chi connectivity index (χ2n) is 6.24. The van der Waals surface area contributed by atoms with Gasteiger partial charge < -0.3 is 10.3 Å². The monoisotopic (exact) mass is 406 g/mol. The molecule has 1 atom stereocenters. The van der Waals surface area contributed by atoms with Crippen LogP contribution in [0.3, 0.4) is 0 Å². The molecule has 122 valence electrons. The smallest absolute Gasteiger partial charge is 0.241 e. The summed E-state index contributed by atoms with van der Waals surface area (Å²) in [6.45, 7) is 7.05. The molecule has 0 spiro atoms. The lowest BCUT2D eigenvalue weighted by Crippen LogP contribution is -2.52. The fourth-order valence-electron chi connectivity index (χ4n) is 2.66. The molecule has 0 radical (unpaired) electrons. The van der Waals surface area contributed by atoms with E-state index in [9.17, 15) is 0 Å². The molecule has 2 N–H and O–H groups in total. The number of thiophene rings is 1. The van der Waals surface area contributed by atoms with E-state index in [0.29, 0.717) is 18.3 Å². The molecule has 0 amide bonds. The van der Waals surface area contributed by atoms with Gasteiger partial charge in [0.15, 0.2) is 0 Å². The van der Waals surface area contributed by atoms with Crippen molar-refractivity contribution in [1.82, 2.24) is 15.0 Å². The highest BCUT2D eigenvalue weighted by molar-refractivity contribution is 9.10. The van der Waals surface area contributed by atoms with E-state index in [-0.39, 0.29) is 23.9 Å². The Morgan fingerprint density at radius 2 is 2.32 bits per heavy atom. The summed E-state index contributed by atoms with van der Waals surface area (Å²) in [6, 6.07) is 2.26. The van der Waals surface area contributed by atoms with Crippen LogP contribution >= 0.6 is 39.7 Å². The molecule has 0 aromatic carbocycles. The SMILES string of the molecule is CC1(C)CN(Cc2nc(-c3cc(Br)cs3)no2)CCC1N.Cl. The van der Waals surface area contributed by atoms with Crippen molar-refractivity contribution in [2.45, 2.75) is 32.9 Å². The first-order valence-electron chi connectivity index (χ1n) is 6.99. The maximum atomic E-state index is 6.17. The van der Waals surface area contributed by atoms with Crippen molar-refractivity contribution in [2.75, 3.05) is 13.1 Å². The maximum Gasteiger partial charge on any atom is 0.241 e. The number of aromatic nitrogens is 2. The molecule has 1 aliphatic heterocycles. The van der Waals surface area contributed by atoms with Gasteiger partial charge in [0.1, 0.15) is 0 Å². The first kappa shape index (κ1) is 17.9. The van der Waals surface area contributed by atoms with Gasteiger partial charge in [-0.25, -0.2) is 0 Å². The Balaban J connectivity index is 0.00000176. The Bertz CT molecular complexity index is 630. The molecule has 0 bridgehead atoms. The molecule has 22 heavy (non-hydrogen) atoms. The van der Waals surface area contributed by atoms with Crippen LogP contribution in [0.2, 0.25) is 0 Å². The highest BCUT2D eigenvalue weighted by Crippen LogP contribution is 2.30. The minimum atomic E-state index is 0. The average Bonchev–Trinajstić information content (AvgIpc) is 3.02. The number of piperidine rings is 1. The molecular weight excluding hydrogens is 388 g/mol. The summed E-state index contributed by atoms with van der Waals surface area (Å²) in [4.78, 5) is 7.84. The third-order valence-electron chi connectivity index (χ3n) is 4.01. The van der Waals surface area contributed by atoms with Crippen molar-refractivity contribution >= 4 is 39.7 Å². The summed E-state index contributed by atoms with van der Waals surface area (Å²) in [5.41, 5.74) is 6.29. The lowest BCUT2D eigenvalue weighted by molar-refractivity contribution is 0.0811. The normalized spacial score (nSPS) is 21.5. The van der Waals surface area contributed by atoms with Crippen LogP contribution < -0.4 is 5.73 Å². The summed E-state index contributed by atoms with van der Waals surface area (Å²) in [5.74, 6) is 1.33. The summed E-state index contributed by atoms with van der Waals surface area (Å²) in [5, 5.41) is 6.08. The van der Waals surface area contributed by atoms with Gasteiger partial charge in [0.2, 0.25) is 11.7 Å². The van der Waals surface area contributed by atoms with Crippen LogP contribution in [-0.4, -0.2) is 34.2 Å². The topological polar surface area (TPSA) is 68.2 Å². The molecule has 0 saturated carbocycles. The van der Waals surface area contributed by atoms with E-state index in [4.69, 9.17) is 10.3 Å². The number of halogens is 2. The average molecular weight is 408 g/mol. The van der Waals surface area contributed by atoms with Crippen LogP contribution in [0.5, 0.6) is 0 Å². The van der Waals surface area contributed by atoms with Gasteiger partial charge in [-0.3, -0.25) is 4.90 Å². The number of rotatable bonds is 3. The van der Waals surface area contributed by atoms with Gasteiger partial charge in [0, 0.05) is 29.0 Å². The number of nitrogens with zero attached hydrogens (tertiary/aromatic N) is 3. The van der Waals surface area contributed by atoms with E-state index < -0.39 is 0 Å². The second-order valence-corrected chi connectivity index (χ2v) is 8.06. The van der Waals surface area contributed by atoms with Crippen molar-refractivity contribution in [3.8, 4) is 10.7 Å². The zero-order valence-corrected chi connectivity index (χ0v) is 15.8. The summed E-state index contributed by atoms with van der Waals surface area (Å²) >= 11 is 5.04. The van der Waals surface area contributed by atoms with Gasteiger partial charge >= 0.3 is 0 Å². The number of hydrogen-bond donors (Lipinski definition) is 1. The number of nitrogens with two attached hydrogens (primary N) is 1. The van der Waals surface area contributed by atoms with Gasteiger partial charge in [-0.1, -0.05) is 19.0 Å². The second kappa shape index (κ2) is 6.97. The van der Waals surface area contributed by atoms with Crippen LogP contribution in [0.25, 0.3) is 10.7 Å². The predicted molar refractivity (Wildman–Crippen MR) is 94.2 cm³/mol. The number of hydrogen-bond acceptors (Lipinski definition) is 6. The lowest BCUT2D eigenvalue weighted by atomic mass is 9.80. The third-order valence-corrected chi connectivity index (χ3v) is 5.69. The fraction of sp³-hybridized carbons (Fsp3) is 0.571. The molecule has 5 nitrogen and oxygen atoms in total. The zero-order valence-electron chi connectivity index (χ0n) is 12.6. The minimum absolute atomic E-state index is 0. The standard InChI is InChI=1S/C14H19BrN4OS.ClH/c1-14(2)8-19(4-3-11(14)16)6-12-17-13(18-20-12)10-5-9(15)7-21-10;/h5,7,11H,3-4,6,8,16H2,1-2H3;1H. The third kappa shape index (κ3) is 3.89. The van der Waals surface area contributed by atoms with Crippen LogP contribution in [0.1, 0.15) is 26.2 Å². The Hall–Kier alpha value is -0.470. The molecule has 8 heteroatoms. The molecule has 1 fully saturated rings. The van der Waals surface area contributed by atoms with Crippen molar-refractivity contribution in [2.24, 2.45) is 11.1 Å². The van der Waals surface area contributed by atoms with E-state index in [1.165, 1.54) is 0 Å². The highest BCUT2D eigenvalue weighted by atomic mass is 79.9. The molecule has 1 aliphatic rings. The molecule has 0 aliphatic carbocycles. The van der Waals surface area contributed by atoms with E-state index in [2.05, 4.69) is 44.8 Å². The first-order valence-corrected chi connectivity index (χ1v) is 8.66. The maximum absolute atomic E-state index is 6.17. The van der Waals surface area contributed by atoms with Crippen molar-refractivity contribution in [1.29, 1.82) is 0 Å². The van der Waals surface area contributed by atoms with E-state index >= 15 is 0 Å². The van der Waals surface area contributed by atoms with Gasteiger partial charge in [-0.15, -0.1) is 23.7 Å². The quantitative estimate of drug-likeness (QED) is 0.843. The summed E-state index contributed by atoms with van der Waals surface area (Å²) in [6.07, 6.45) is 1.01. The molecule has 2 aromatic heterocycles. The first-order chi connectivity index (χ1) is 9.94. The van der Waals surface area contributed by atoms with Crippen LogP contribution in [-0.2, 0) is 6.54 Å². The Kier molecular flexibility index (Phi) is 5.66. The van der Waals surface area contributed by atoms with E-state index in [0.717, 1.165) is 28.9 Å². The van der Waals surface area contributed by atoms with Gasteiger partial charge in [0.25, 0.3) is 0 Å².